The third-order valence-corrected chi connectivity index (χ3v) is 3.34. The van der Waals surface area contributed by atoms with E-state index in [4.69, 9.17) is 4.74 Å². The molecule has 0 radical (unpaired) electrons. The molecule has 2 rings (SSSR count). The molecule has 0 bridgehead atoms. The van der Waals surface area contributed by atoms with Crippen molar-refractivity contribution in [2.45, 2.75) is 12.8 Å². The molecule has 1 aliphatic rings. The molecule has 0 unspecified atom stereocenters. The number of piperidine rings is 1. The quantitative estimate of drug-likeness (QED) is 0.864. The molecule has 4 heteroatoms. The molecule has 1 N–H and O–H groups in total. The van der Waals surface area contributed by atoms with E-state index in [1.54, 1.807) is 7.11 Å². The van der Waals surface area contributed by atoms with Gasteiger partial charge in [-0.1, -0.05) is 6.07 Å². The third kappa shape index (κ3) is 3.60. The minimum absolute atomic E-state index is 0.665. The maximum absolute atomic E-state index is 5.10. The second-order valence-corrected chi connectivity index (χ2v) is 4.69. The molecule has 1 aromatic rings. The van der Waals surface area contributed by atoms with E-state index >= 15 is 0 Å². The minimum atomic E-state index is 0.665. The number of hydrogen-bond donors (Lipinski definition) is 1. The Bertz CT molecular complexity index is 348. The van der Waals surface area contributed by atoms with Crippen LogP contribution in [0.15, 0.2) is 18.2 Å². The summed E-state index contributed by atoms with van der Waals surface area (Å²) in [6.07, 6.45) is 2.54. The molecule has 1 fully saturated rings. The van der Waals surface area contributed by atoms with Gasteiger partial charge in [0.05, 0.1) is 7.11 Å². The van der Waals surface area contributed by atoms with Crippen molar-refractivity contribution in [3.63, 3.8) is 0 Å². The Morgan fingerprint density at radius 2 is 2.18 bits per heavy atom. The van der Waals surface area contributed by atoms with E-state index < -0.39 is 0 Å². The average Bonchev–Trinajstić information content (AvgIpc) is 2.38. The van der Waals surface area contributed by atoms with Crippen molar-refractivity contribution in [2.24, 2.45) is 5.92 Å². The number of anilines is 1. The molecule has 0 aromatic carbocycles. The third-order valence-electron chi connectivity index (χ3n) is 3.34. The van der Waals surface area contributed by atoms with Crippen LogP contribution >= 0.6 is 0 Å². The Kier molecular flexibility index (Phi) is 4.20. The fourth-order valence-corrected chi connectivity index (χ4v) is 2.14. The molecule has 94 valence electrons. The highest BCUT2D eigenvalue weighted by Crippen LogP contribution is 2.17. The van der Waals surface area contributed by atoms with E-state index in [1.165, 1.54) is 25.9 Å². The molecule has 2 heterocycles. The Balaban J connectivity index is 1.81. The molecule has 0 aliphatic carbocycles. The molecule has 0 amide bonds. The van der Waals surface area contributed by atoms with Crippen molar-refractivity contribution < 1.29 is 4.74 Å². The van der Waals surface area contributed by atoms with Crippen LogP contribution in [0, 0.1) is 5.92 Å². The molecule has 4 nitrogen and oxygen atoms in total. The van der Waals surface area contributed by atoms with Gasteiger partial charge in [-0.25, -0.2) is 0 Å². The Hall–Kier alpha value is -1.29. The van der Waals surface area contributed by atoms with Gasteiger partial charge in [-0.3, -0.25) is 0 Å². The smallest absolute Gasteiger partial charge is 0.214 e. The van der Waals surface area contributed by atoms with Crippen LogP contribution in [0.4, 0.5) is 5.82 Å². The molecular weight excluding hydrogens is 214 g/mol. The van der Waals surface area contributed by atoms with Gasteiger partial charge in [0.25, 0.3) is 0 Å². The van der Waals surface area contributed by atoms with Gasteiger partial charge in [-0.2, -0.15) is 4.98 Å². The topological polar surface area (TPSA) is 37.4 Å². The monoisotopic (exact) mass is 235 g/mol. The summed E-state index contributed by atoms with van der Waals surface area (Å²) < 4.78 is 5.10. The summed E-state index contributed by atoms with van der Waals surface area (Å²) in [6, 6.07) is 5.81. The maximum Gasteiger partial charge on any atom is 0.214 e. The number of nitrogens with one attached hydrogen (secondary N) is 1. The predicted molar refractivity (Wildman–Crippen MR) is 69.5 cm³/mol. The second-order valence-electron chi connectivity index (χ2n) is 4.69. The number of hydrogen-bond acceptors (Lipinski definition) is 4. The molecule has 1 aromatic heterocycles. The van der Waals surface area contributed by atoms with Crippen LogP contribution in [0.5, 0.6) is 5.88 Å². The number of likely N-dealkylation sites (tertiary alicyclic amines) is 1. The molecule has 0 atom stereocenters. The molecule has 1 aliphatic heterocycles. The zero-order valence-electron chi connectivity index (χ0n) is 10.6. The first-order chi connectivity index (χ1) is 8.28. The molecule has 17 heavy (non-hydrogen) atoms. The fraction of sp³-hybridized carbons (Fsp3) is 0.615. The summed E-state index contributed by atoms with van der Waals surface area (Å²) >= 11 is 0. The highest BCUT2D eigenvalue weighted by molar-refractivity contribution is 5.36. The largest absolute Gasteiger partial charge is 0.481 e. The van der Waals surface area contributed by atoms with Crippen molar-refractivity contribution in [2.75, 3.05) is 39.1 Å². The van der Waals surface area contributed by atoms with Crippen LogP contribution in [-0.4, -0.2) is 43.7 Å². The van der Waals surface area contributed by atoms with E-state index in [0.29, 0.717) is 5.88 Å². The lowest BCUT2D eigenvalue weighted by molar-refractivity contribution is 0.226. The van der Waals surface area contributed by atoms with Crippen LogP contribution in [0.1, 0.15) is 12.8 Å². The van der Waals surface area contributed by atoms with Gasteiger partial charge in [0.2, 0.25) is 5.88 Å². The van der Waals surface area contributed by atoms with E-state index in [9.17, 15) is 0 Å². The van der Waals surface area contributed by atoms with Gasteiger partial charge in [-0.05, 0) is 45.0 Å². The fourth-order valence-electron chi connectivity index (χ4n) is 2.14. The zero-order valence-corrected chi connectivity index (χ0v) is 10.6. The highest BCUT2D eigenvalue weighted by atomic mass is 16.5. The number of aromatic nitrogens is 1. The number of rotatable bonds is 4. The Morgan fingerprint density at radius 3 is 2.88 bits per heavy atom. The molecular formula is C13H21N3O. The summed E-state index contributed by atoms with van der Waals surface area (Å²) in [5.41, 5.74) is 0. The number of methoxy groups -OCH3 is 1. The van der Waals surface area contributed by atoms with Crippen molar-refractivity contribution in [1.29, 1.82) is 0 Å². The first-order valence-corrected chi connectivity index (χ1v) is 6.21. The van der Waals surface area contributed by atoms with E-state index in [2.05, 4.69) is 22.2 Å². The second kappa shape index (κ2) is 5.87. The summed E-state index contributed by atoms with van der Waals surface area (Å²) in [7, 11) is 3.83. The van der Waals surface area contributed by atoms with Crippen LogP contribution in [-0.2, 0) is 0 Å². The van der Waals surface area contributed by atoms with Gasteiger partial charge in [0.15, 0.2) is 0 Å². The lowest BCUT2D eigenvalue weighted by Gasteiger charge is -2.29. The van der Waals surface area contributed by atoms with Gasteiger partial charge >= 0.3 is 0 Å². The number of nitrogens with zero attached hydrogens (tertiary/aromatic N) is 2. The van der Waals surface area contributed by atoms with E-state index in [1.807, 2.05) is 18.2 Å². The Labute approximate surface area is 103 Å². The van der Waals surface area contributed by atoms with Gasteiger partial charge < -0.3 is 15.0 Å². The van der Waals surface area contributed by atoms with Crippen LogP contribution in [0.3, 0.4) is 0 Å². The summed E-state index contributed by atoms with van der Waals surface area (Å²) in [6.45, 7) is 3.42. The van der Waals surface area contributed by atoms with Crippen molar-refractivity contribution >= 4 is 5.82 Å². The molecule has 0 saturated carbocycles. The Morgan fingerprint density at radius 1 is 1.41 bits per heavy atom. The number of pyridine rings is 1. The SMILES string of the molecule is COc1cccc(NCC2CCN(C)CC2)n1. The van der Waals surface area contributed by atoms with Crippen LogP contribution in [0.25, 0.3) is 0 Å². The van der Waals surface area contributed by atoms with Crippen molar-refractivity contribution in [3.8, 4) is 5.88 Å². The van der Waals surface area contributed by atoms with Gasteiger partial charge in [0.1, 0.15) is 5.82 Å². The predicted octanol–water partition coefficient (Wildman–Crippen LogP) is 1.84. The van der Waals surface area contributed by atoms with E-state index in [-0.39, 0.29) is 0 Å². The van der Waals surface area contributed by atoms with Crippen molar-refractivity contribution in [3.05, 3.63) is 18.2 Å². The zero-order chi connectivity index (χ0) is 12.1. The first-order valence-electron chi connectivity index (χ1n) is 6.21. The lowest BCUT2D eigenvalue weighted by Crippen LogP contribution is -2.33. The average molecular weight is 235 g/mol. The lowest BCUT2D eigenvalue weighted by atomic mass is 9.97. The summed E-state index contributed by atoms with van der Waals surface area (Å²) in [4.78, 5) is 6.74. The molecule has 0 spiro atoms. The van der Waals surface area contributed by atoms with Gasteiger partial charge in [-0.15, -0.1) is 0 Å². The standard InChI is InChI=1S/C13H21N3O/c1-16-8-6-11(7-9-16)10-14-12-4-3-5-13(15-12)17-2/h3-5,11H,6-10H2,1-2H3,(H,14,15). The first kappa shape index (κ1) is 12.2. The normalized spacial score (nSPS) is 18.0. The maximum atomic E-state index is 5.10. The van der Waals surface area contributed by atoms with Crippen molar-refractivity contribution in [1.82, 2.24) is 9.88 Å². The highest BCUT2D eigenvalue weighted by Gasteiger charge is 2.16. The molecule has 1 saturated heterocycles. The summed E-state index contributed by atoms with van der Waals surface area (Å²) in [5.74, 6) is 2.33. The minimum Gasteiger partial charge on any atom is -0.481 e. The van der Waals surface area contributed by atoms with E-state index in [0.717, 1.165) is 18.3 Å². The van der Waals surface area contributed by atoms with Gasteiger partial charge in [0, 0.05) is 12.6 Å². The number of ether oxygens (including phenoxy) is 1. The van der Waals surface area contributed by atoms with Crippen LogP contribution in [0.2, 0.25) is 0 Å². The van der Waals surface area contributed by atoms with Crippen LogP contribution < -0.4 is 10.1 Å². The summed E-state index contributed by atoms with van der Waals surface area (Å²) in [5, 5.41) is 3.39.